The van der Waals surface area contributed by atoms with Gasteiger partial charge in [0.05, 0.1) is 5.41 Å². The van der Waals surface area contributed by atoms with Crippen LogP contribution in [0.5, 0.6) is 0 Å². The summed E-state index contributed by atoms with van der Waals surface area (Å²) in [6.07, 6.45) is 0. The number of hydrogen-bond donors (Lipinski definition) is 0. The van der Waals surface area contributed by atoms with Crippen molar-refractivity contribution in [3.63, 3.8) is 0 Å². The van der Waals surface area contributed by atoms with E-state index in [1.807, 2.05) is 0 Å². The molecule has 0 saturated carbocycles. The molecule has 0 nitrogen and oxygen atoms in total. The normalized spacial score (nSPS) is 13.4. The van der Waals surface area contributed by atoms with Gasteiger partial charge in [-0.25, -0.2) is 0 Å². The molecule has 0 radical (unpaired) electrons. The van der Waals surface area contributed by atoms with E-state index in [0.29, 0.717) is 0 Å². The van der Waals surface area contributed by atoms with Gasteiger partial charge in [0, 0.05) is 0 Å². The third kappa shape index (κ3) is 2.99. The summed E-state index contributed by atoms with van der Waals surface area (Å²) in [6, 6.07) is 42.9. The number of benzene rings is 5. The molecule has 0 saturated heterocycles. The number of fused-ring (bicyclic) bond motifs is 3. The molecule has 0 N–H and O–H groups in total. The van der Waals surface area contributed by atoms with Gasteiger partial charge in [0.2, 0.25) is 0 Å². The predicted molar refractivity (Wildman–Crippen MR) is 143 cm³/mol. The Morgan fingerprint density at radius 3 is 1.65 bits per heavy atom. The second-order valence-corrected chi connectivity index (χ2v) is 9.63. The van der Waals surface area contributed by atoms with Crippen molar-refractivity contribution in [3.8, 4) is 22.3 Å². The Labute approximate surface area is 202 Å². The van der Waals surface area contributed by atoms with Crippen molar-refractivity contribution in [1.82, 2.24) is 0 Å². The molecule has 6 rings (SSSR count). The van der Waals surface area contributed by atoms with Crippen LogP contribution in [0.4, 0.5) is 0 Å². The molecule has 0 aromatic heterocycles. The quantitative estimate of drug-likeness (QED) is 0.260. The molecule has 0 atom stereocenters. The van der Waals surface area contributed by atoms with E-state index in [2.05, 4.69) is 136 Å². The highest BCUT2D eigenvalue weighted by Crippen LogP contribution is 2.58. The molecule has 1 aliphatic carbocycles. The molecule has 5 aromatic rings. The predicted octanol–water partition coefficient (Wildman–Crippen LogP) is 8.64. The van der Waals surface area contributed by atoms with Crippen molar-refractivity contribution in [2.45, 2.75) is 26.2 Å². The number of aryl methyl sites for hydroxylation is 3. The van der Waals surface area contributed by atoms with E-state index in [1.54, 1.807) is 0 Å². The summed E-state index contributed by atoms with van der Waals surface area (Å²) in [5.74, 6) is 0. The van der Waals surface area contributed by atoms with E-state index < -0.39 is 0 Å². The molecule has 1 aliphatic rings. The van der Waals surface area contributed by atoms with Crippen LogP contribution >= 0.6 is 0 Å². The zero-order chi connectivity index (χ0) is 23.3. The molecule has 0 amide bonds. The molecule has 34 heavy (non-hydrogen) atoms. The van der Waals surface area contributed by atoms with Crippen molar-refractivity contribution in [2.24, 2.45) is 0 Å². The van der Waals surface area contributed by atoms with Crippen molar-refractivity contribution in [2.75, 3.05) is 0 Å². The van der Waals surface area contributed by atoms with E-state index in [-0.39, 0.29) is 5.41 Å². The van der Waals surface area contributed by atoms with Crippen LogP contribution in [-0.4, -0.2) is 0 Å². The molecular weight excluding hydrogens is 408 g/mol. The fraction of sp³-hybridized carbons (Fsp3) is 0.118. The maximum atomic E-state index is 2.41. The highest BCUT2D eigenvalue weighted by molar-refractivity contribution is 5.95. The summed E-state index contributed by atoms with van der Waals surface area (Å²) >= 11 is 0. The Kier molecular flexibility index (Phi) is 4.78. The van der Waals surface area contributed by atoms with Crippen LogP contribution in [0.15, 0.2) is 115 Å². The minimum Gasteiger partial charge on any atom is -0.0622 e. The summed E-state index contributed by atoms with van der Waals surface area (Å²) < 4.78 is 0. The molecule has 0 bridgehead atoms. The maximum Gasteiger partial charge on any atom is 0.0713 e. The van der Waals surface area contributed by atoms with E-state index >= 15 is 0 Å². The fourth-order valence-electron chi connectivity index (χ4n) is 5.74. The lowest BCUT2D eigenvalue weighted by Crippen LogP contribution is -2.28. The molecule has 0 fully saturated rings. The summed E-state index contributed by atoms with van der Waals surface area (Å²) in [4.78, 5) is 0. The lowest BCUT2D eigenvalue weighted by atomic mass is 9.67. The fourth-order valence-corrected chi connectivity index (χ4v) is 5.74. The molecule has 0 heterocycles. The van der Waals surface area contributed by atoms with Crippen LogP contribution in [0.2, 0.25) is 0 Å². The Morgan fingerprint density at radius 1 is 0.441 bits per heavy atom. The Bertz CT molecular complexity index is 1440. The van der Waals surface area contributed by atoms with Gasteiger partial charge < -0.3 is 0 Å². The summed E-state index contributed by atoms with van der Waals surface area (Å²) in [7, 11) is 0. The first-order valence-electron chi connectivity index (χ1n) is 12.0. The van der Waals surface area contributed by atoms with Crippen LogP contribution in [0, 0.1) is 20.8 Å². The monoisotopic (exact) mass is 436 g/mol. The Morgan fingerprint density at radius 2 is 1.03 bits per heavy atom. The third-order valence-corrected chi connectivity index (χ3v) is 7.37. The first kappa shape index (κ1) is 20.7. The first-order chi connectivity index (χ1) is 16.6. The average Bonchev–Trinajstić information content (AvgIpc) is 3.16. The van der Waals surface area contributed by atoms with E-state index in [1.165, 1.54) is 61.2 Å². The number of rotatable bonds is 3. The smallest absolute Gasteiger partial charge is 0.0622 e. The number of hydrogen-bond acceptors (Lipinski definition) is 0. The third-order valence-electron chi connectivity index (χ3n) is 7.37. The molecule has 5 aromatic carbocycles. The van der Waals surface area contributed by atoms with Gasteiger partial charge in [0.15, 0.2) is 0 Å². The van der Waals surface area contributed by atoms with Gasteiger partial charge in [-0.05, 0) is 65.3 Å². The second kappa shape index (κ2) is 7.85. The molecule has 0 aliphatic heterocycles. The Balaban J connectivity index is 1.79. The Hall–Kier alpha value is -3.90. The minimum absolute atomic E-state index is 0.358. The van der Waals surface area contributed by atoms with Gasteiger partial charge in [-0.1, -0.05) is 132 Å². The van der Waals surface area contributed by atoms with Gasteiger partial charge in [-0.2, -0.15) is 0 Å². The summed E-state index contributed by atoms with van der Waals surface area (Å²) in [5.41, 5.74) is 14.1. The van der Waals surface area contributed by atoms with Crippen molar-refractivity contribution < 1.29 is 0 Å². The molecule has 164 valence electrons. The maximum absolute atomic E-state index is 2.41. The molecule has 0 unspecified atom stereocenters. The lowest BCUT2D eigenvalue weighted by Gasteiger charge is -2.34. The van der Waals surface area contributed by atoms with Crippen molar-refractivity contribution in [1.29, 1.82) is 0 Å². The highest BCUT2D eigenvalue weighted by atomic mass is 14.5. The van der Waals surface area contributed by atoms with Gasteiger partial charge >= 0.3 is 0 Å². The first-order valence-corrected chi connectivity index (χ1v) is 12.0. The average molecular weight is 437 g/mol. The summed E-state index contributed by atoms with van der Waals surface area (Å²) in [6.45, 7) is 6.53. The van der Waals surface area contributed by atoms with Crippen LogP contribution < -0.4 is 0 Å². The largest absolute Gasteiger partial charge is 0.0713 e. The molecule has 0 heteroatoms. The van der Waals surface area contributed by atoms with Crippen LogP contribution in [0.1, 0.15) is 38.9 Å². The van der Waals surface area contributed by atoms with Crippen LogP contribution in [0.25, 0.3) is 22.3 Å². The molecular formula is C34H28. The summed E-state index contributed by atoms with van der Waals surface area (Å²) in [5, 5.41) is 0. The van der Waals surface area contributed by atoms with E-state index in [9.17, 15) is 0 Å². The van der Waals surface area contributed by atoms with Gasteiger partial charge in [-0.3, -0.25) is 0 Å². The molecule has 0 spiro atoms. The van der Waals surface area contributed by atoms with Crippen LogP contribution in [-0.2, 0) is 5.41 Å². The SMILES string of the molecule is Cc1ccc(C2(c3ccc(C)cc3)c3cc(C)ccc3-c3c(-c4ccccc4)cccc32)cc1. The minimum atomic E-state index is -0.358. The van der Waals surface area contributed by atoms with Crippen molar-refractivity contribution in [3.05, 3.63) is 154 Å². The second-order valence-electron chi connectivity index (χ2n) is 9.63. The van der Waals surface area contributed by atoms with Gasteiger partial charge in [0.1, 0.15) is 0 Å². The van der Waals surface area contributed by atoms with Gasteiger partial charge in [-0.15, -0.1) is 0 Å². The standard InChI is InChI=1S/C34H28/c1-23-12-17-27(18-13-23)34(28-19-14-24(2)15-20-28)31-11-7-10-29(26-8-5-4-6-9-26)33(31)30-21-16-25(3)22-32(30)34/h4-22H,1-3H3. The van der Waals surface area contributed by atoms with E-state index in [0.717, 1.165) is 0 Å². The lowest BCUT2D eigenvalue weighted by molar-refractivity contribution is 0.767. The zero-order valence-electron chi connectivity index (χ0n) is 20.0. The van der Waals surface area contributed by atoms with E-state index in [4.69, 9.17) is 0 Å². The van der Waals surface area contributed by atoms with Crippen molar-refractivity contribution >= 4 is 0 Å². The van der Waals surface area contributed by atoms with Crippen LogP contribution in [0.3, 0.4) is 0 Å². The zero-order valence-corrected chi connectivity index (χ0v) is 20.0. The van der Waals surface area contributed by atoms with Gasteiger partial charge in [0.25, 0.3) is 0 Å². The highest BCUT2D eigenvalue weighted by Gasteiger charge is 2.46. The topological polar surface area (TPSA) is 0 Å².